The van der Waals surface area contributed by atoms with Crippen LogP contribution >= 0.6 is 0 Å². The number of aromatic amines is 1. The Balaban J connectivity index is 0.000000189. The first kappa shape index (κ1) is 14.9. The molecule has 2 bridgehead atoms. The highest BCUT2D eigenvalue weighted by molar-refractivity contribution is 5.64. The van der Waals surface area contributed by atoms with Gasteiger partial charge in [-0.2, -0.15) is 0 Å². The predicted octanol–water partition coefficient (Wildman–Crippen LogP) is -0.560. The second-order valence-electron chi connectivity index (χ2n) is 4.15. The zero-order chi connectivity index (χ0) is 15.2. The number of hydrogen-bond donors (Lipinski definition) is 7. The molecule has 3 aromatic rings. The van der Waals surface area contributed by atoms with Crippen molar-refractivity contribution in [3.63, 3.8) is 0 Å². The Hall–Kier alpha value is -2.47. The Kier molecular flexibility index (Phi) is 4.84. The van der Waals surface area contributed by atoms with Crippen LogP contribution in [0.1, 0.15) is 0 Å². The van der Waals surface area contributed by atoms with E-state index in [0.29, 0.717) is 11.6 Å². The third kappa shape index (κ3) is 4.85. The number of rotatable bonds is 4. The third-order valence-electron chi connectivity index (χ3n) is 2.41. The molecule has 3 aromatic heterocycles. The van der Waals surface area contributed by atoms with E-state index >= 15 is 0 Å². The second kappa shape index (κ2) is 6.81. The molecule has 21 heavy (non-hydrogen) atoms. The lowest BCUT2D eigenvalue weighted by atomic mass is 10.4. The van der Waals surface area contributed by atoms with Gasteiger partial charge < -0.3 is 4.98 Å². The largest absolute Gasteiger partial charge is 0.356 e. The molecule has 112 valence electrons. The highest BCUT2D eigenvalue weighted by Crippen LogP contribution is 2.08. The molecule has 11 N–H and O–H groups in total. The van der Waals surface area contributed by atoms with Crippen molar-refractivity contribution in [2.45, 2.75) is 0 Å². The van der Waals surface area contributed by atoms with Crippen LogP contribution in [0.15, 0.2) is 42.5 Å². The van der Waals surface area contributed by atoms with Crippen LogP contribution in [0.4, 0.5) is 11.6 Å². The van der Waals surface area contributed by atoms with Gasteiger partial charge in [0.25, 0.3) is 0 Å². The third-order valence-corrected chi connectivity index (χ3v) is 2.41. The summed E-state index contributed by atoms with van der Waals surface area (Å²) in [6, 6.07) is 13.3. The summed E-state index contributed by atoms with van der Waals surface area (Å²) in [6.45, 7) is 0. The van der Waals surface area contributed by atoms with Crippen LogP contribution in [-0.4, -0.2) is 20.4 Å². The van der Waals surface area contributed by atoms with Crippen LogP contribution in [0.5, 0.6) is 0 Å². The van der Waals surface area contributed by atoms with Crippen molar-refractivity contribution in [3.05, 3.63) is 42.5 Å². The summed E-state index contributed by atoms with van der Waals surface area (Å²) < 4.78 is 0. The molecule has 0 aliphatic rings. The molecular formula is C11H18N10. The van der Waals surface area contributed by atoms with Crippen LogP contribution in [0.25, 0.3) is 11.0 Å². The molecule has 0 saturated carbocycles. The molecule has 10 heteroatoms. The lowest BCUT2D eigenvalue weighted by Gasteiger charge is -2.14. The van der Waals surface area contributed by atoms with Crippen LogP contribution < -0.4 is 34.2 Å². The topological polar surface area (TPSA) is 163 Å². The van der Waals surface area contributed by atoms with Gasteiger partial charge in [0.05, 0.1) is 0 Å². The Bertz CT molecular complexity index is 578. The molecular weight excluding hydrogens is 272 g/mol. The fourth-order valence-electron chi connectivity index (χ4n) is 1.63. The number of nitrogens with one attached hydrogen (secondary N) is 3. The van der Waals surface area contributed by atoms with E-state index in [1.165, 1.54) is 11.0 Å². The fourth-order valence-corrected chi connectivity index (χ4v) is 1.63. The van der Waals surface area contributed by atoms with Gasteiger partial charge in [-0.3, -0.25) is 10.9 Å². The van der Waals surface area contributed by atoms with Crippen molar-refractivity contribution in [2.24, 2.45) is 23.4 Å². The van der Waals surface area contributed by atoms with E-state index in [1.807, 2.05) is 0 Å². The number of anilines is 2. The molecule has 0 atom stereocenters. The monoisotopic (exact) mass is 290 g/mol. The molecule has 0 unspecified atom stereocenters. The molecule has 0 fully saturated rings. The van der Waals surface area contributed by atoms with Gasteiger partial charge >= 0.3 is 0 Å². The second-order valence-corrected chi connectivity index (χ2v) is 4.15. The first-order chi connectivity index (χ1) is 10.0. The number of H-pyrrole nitrogens is 1. The molecule has 3 heterocycles. The van der Waals surface area contributed by atoms with E-state index in [0.717, 1.165) is 10.5 Å². The standard InChI is InChI=1S/C6H5N.C5H13N9/c1-2-6-4-3-5(1)7-6;6-13(7)11-4-2-1-3-5(10-4)12-14(8)9/h1-4,7H;1-3H,6-9H2,(H2,10,11,12). The summed E-state index contributed by atoms with van der Waals surface area (Å²) in [7, 11) is 0. The first-order valence-corrected chi connectivity index (χ1v) is 5.99. The Morgan fingerprint density at radius 3 is 1.48 bits per heavy atom. The zero-order valence-corrected chi connectivity index (χ0v) is 11.2. The molecule has 10 nitrogen and oxygen atoms in total. The quantitative estimate of drug-likeness (QED) is 0.246. The summed E-state index contributed by atoms with van der Waals surface area (Å²) >= 11 is 0. The average Bonchev–Trinajstić information content (AvgIpc) is 3.02. The number of aromatic nitrogens is 2. The van der Waals surface area contributed by atoms with Gasteiger partial charge in [0.2, 0.25) is 0 Å². The van der Waals surface area contributed by atoms with Crippen molar-refractivity contribution < 1.29 is 0 Å². The maximum Gasteiger partial charge on any atom is 0.144 e. The number of hydrogen-bond acceptors (Lipinski definition) is 9. The van der Waals surface area contributed by atoms with Crippen molar-refractivity contribution in [3.8, 4) is 0 Å². The van der Waals surface area contributed by atoms with Crippen molar-refractivity contribution in [1.82, 2.24) is 20.4 Å². The Labute approximate surface area is 120 Å². The molecule has 0 aliphatic carbocycles. The molecule has 3 rings (SSSR count). The highest BCUT2D eigenvalue weighted by atomic mass is 15.8. The minimum atomic E-state index is 0.460. The van der Waals surface area contributed by atoms with Crippen molar-refractivity contribution in [2.75, 3.05) is 10.9 Å². The summed E-state index contributed by atoms with van der Waals surface area (Å²) in [5.41, 5.74) is 7.55. The van der Waals surface area contributed by atoms with E-state index < -0.39 is 0 Å². The van der Waals surface area contributed by atoms with Crippen LogP contribution in [0, 0.1) is 0 Å². The molecule has 0 saturated heterocycles. The Morgan fingerprint density at radius 1 is 0.762 bits per heavy atom. The average molecular weight is 290 g/mol. The van der Waals surface area contributed by atoms with Crippen LogP contribution in [0.3, 0.4) is 0 Å². The van der Waals surface area contributed by atoms with E-state index in [1.54, 1.807) is 18.2 Å². The van der Waals surface area contributed by atoms with Gasteiger partial charge in [-0.15, -0.1) is 0 Å². The smallest absolute Gasteiger partial charge is 0.144 e. The predicted molar refractivity (Wildman–Crippen MR) is 81.4 cm³/mol. The summed E-state index contributed by atoms with van der Waals surface area (Å²) in [5.74, 6) is 21.5. The van der Waals surface area contributed by atoms with Gasteiger partial charge in [0, 0.05) is 11.0 Å². The van der Waals surface area contributed by atoms with E-state index in [2.05, 4.69) is 45.1 Å². The minimum Gasteiger partial charge on any atom is -0.356 e. The van der Waals surface area contributed by atoms with Crippen LogP contribution in [-0.2, 0) is 0 Å². The van der Waals surface area contributed by atoms with Gasteiger partial charge in [-0.05, 0) is 36.4 Å². The van der Waals surface area contributed by atoms with E-state index in [4.69, 9.17) is 23.4 Å². The summed E-state index contributed by atoms with van der Waals surface area (Å²) in [6.07, 6.45) is 0. The number of nitrogens with zero attached hydrogens (tertiary/aromatic N) is 3. The maximum absolute atomic E-state index is 5.16. The zero-order valence-electron chi connectivity index (χ0n) is 11.2. The molecule has 0 aliphatic heterocycles. The van der Waals surface area contributed by atoms with Gasteiger partial charge in [-0.1, -0.05) is 16.5 Å². The maximum atomic E-state index is 5.16. The number of benzene rings is 1. The van der Waals surface area contributed by atoms with E-state index in [9.17, 15) is 0 Å². The van der Waals surface area contributed by atoms with Gasteiger partial charge in [0.1, 0.15) is 11.6 Å². The molecule has 0 spiro atoms. The number of fused-ring (bicyclic) bond motifs is 2. The number of hydrazine groups is 6. The van der Waals surface area contributed by atoms with Crippen LogP contribution in [0.2, 0.25) is 0 Å². The first-order valence-electron chi connectivity index (χ1n) is 5.99. The SMILES string of the molecule is NN(N)Nc1cccc(NN(N)N)n1.c1cc2ccc1[nH]2. The number of nitrogens with two attached hydrogens (primary N) is 4. The molecule has 0 radical (unpaired) electrons. The summed E-state index contributed by atoms with van der Waals surface area (Å²) in [4.78, 5) is 7.17. The van der Waals surface area contributed by atoms with Crippen molar-refractivity contribution in [1.29, 1.82) is 0 Å². The summed E-state index contributed by atoms with van der Waals surface area (Å²) in [5, 5.41) is 1.57. The Morgan fingerprint density at radius 2 is 1.19 bits per heavy atom. The van der Waals surface area contributed by atoms with Gasteiger partial charge in [0.15, 0.2) is 0 Å². The molecule has 0 amide bonds. The lowest BCUT2D eigenvalue weighted by Crippen LogP contribution is -2.44. The number of pyridine rings is 1. The minimum absolute atomic E-state index is 0.460. The highest BCUT2D eigenvalue weighted by Gasteiger charge is 1.98. The van der Waals surface area contributed by atoms with Gasteiger partial charge in [-0.25, -0.2) is 28.4 Å². The fraction of sp³-hybridized carbons (Fsp3) is 0. The normalized spacial score (nSPS) is 10.8. The van der Waals surface area contributed by atoms with Crippen molar-refractivity contribution >= 4 is 22.7 Å². The van der Waals surface area contributed by atoms with E-state index in [-0.39, 0.29) is 0 Å². The lowest BCUT2D eigenvalue weighted by molar-refractivity contribution is 0.354. The molecule has 0 aromatic carbocycles.